The Labute approximate surface area is 173 Å². The van der Waals surface area contributed by atoms with Crippen molar-refractivity contribution >= 4 is 23.8 Å². The highest BCUT2D eigenvalue weighted by molar-refractivity contribution is 6.33. The van der Waals surface area contributed by atoms with Gasteiger partial charge in [-0.05, 0) is 41.8 Å². The largest absolute Gasteiger partial charge is 0.496 e. The SMILES string of the molecule is COc1ccccc1CCn1nc(C=Cc2ccc(OC)c(OC)c2Cl)oc1=O. The lowest BCUT2D eigenvalue weighted by Crippen LogP contribution is -2.17. The molecule has 152 valence electrons. The molecule has 8 heteroatoms. The van der Waals surface area contributed by atoms with Gasteiger partial charge in [-0.15, -0.1) is 5.10 Å². The van der Waals surface area contributed by atoms with Gasteiger partial charge in [0.15, 0.2) is 11.5 Å². The molecule has 0 atom stereocenters. The molecule has 0 spiro atoms. The zero-order valence-electron chi connectivity index (χ0n) is 16.3. The number of aryl methyl sites for hydroxylation is 2. The Balaban J connectivity index is 1.76. The summed E-state index contributed by atoms with van der Waals surface area (Å²) in [4.78, 5) is 12.1. The predicted molar refractivity (Wildman–Crippen MR) is 111 cm³/mol. The number of benzene rings is 2. The molecule has 0 N–H and O–H groups in total. The molecule has 1 aromatic heterocycles. The average molecular weight is 417 g/mol. The van der Waals surface area contributed by atoms with Crippen LogP contribution in [-0.2, 0) is 13.0 Å². The second kappa shape index (κ2) is 9.34. The molecule has 0 amide bonds. The number of hydrogen-bond donors (Lipinski definition) is 0. The third-order valence-corrected chi connectivity index (χ3v) is 4.72. The van der Waals surface area contributed by atoms with Crippen molar-refractivity contribution in [1.29, 1.82) is 0 Å². The smallest absolute Gasteiger partial charge is 0.437 e. The van der Waals surface area contributed by atoms with Crippen molar-refractivity contribution in [2.75, 3.05) is 21.3 Å². The summed E-state index contributed by atoms with van der Waals surface area (Å²) in [5, 5.41) is 4.60. The molecule has 0 saturated heterocycles. The third-order valence-electron chi connectivity index (χ3n) is 4.33. The molecular formula is C21H21ClN2O5. The van der Waals surface area contributed by atoms with Crippen LogP contribution in [0.4, 0.5) is 0 Å². The van der Waals surface area contributed by atoms with Crippen LogP contribution in [0.1, 0.15) is 17.0 Å². The minimum atomic E-state index is -0.530. The number of methoxy groups -OCH3 is 3. The van der Waals surface area contributed by atoms with E-state index in [1.165, 1.54) is 18.9 Å². The summed E-state index contributed by atoms with van der Waals surface area (Å²) in [5.41, 5.74) is 1.66. The predicted octanol–water partition coefficient (Wildman–Crippen LogP) is 3.93. The Morgan fingerprint density at radius 1 is 1.03 bits per heavy atom. The van der Waals surface area contributed by atoms with Gasteiger partial charge in [0, 0.05) is 6.08 Å². The lowest BCUT2D eigenvalue weighted by atomic mass is 10.1. The monoisotopic (exact) mass is 416 g/mol. The molecule has 0 aliphatic heterocycles. The summed E-state index contributed by atoms with van der Waals surface area (Å²) in [6, 6.07) is 11.2. The van der Waals surface area contributed by atoms with Crippen LogP contribution in [0, 0.1) is 0 Å². The highest BCUT2D eigenvalue weighted by Gasteiger charge is 2.12. The van der Waals surface area contributed by atoms with Crippen molar-refractivity contribution in [3.05, 3.63) is 69.0 Å². The molecule has 3 aromatic rings. The Morgan fingerprint density at radius 2 is 1.79 bits per heavy atom. The number of halogens is 1. The maximum Gasteiger partial charge on any atom is 0.437 e. The molecular weight excluding hydrogens is 396 g/mol. The molecule has 0 fully saturated rings. The van der Waals surface area contributed by atoms with Crippen LogP contribution < -0.4 is 20.0 Å². The maximum absolute atomic E-state index is 12.1. The molecule has 1 heterocycles. The van der Waals surface area contributed by atoms with Gasteiger partial charge < -0.3 is 18.6 Å². The first kappa shape index (κ1) is 20.5. The van der Waals surface area contributed by atoms with Gasteiger partial charge in [-0.2, -0.15) is 4.68 Å². The first-order chi connectivity index (χ1) is 14.1. The van der Waals surface area contributed by atoms with E-state index in [4.69, 9.17) is 30.2 Å². The molecule has 29 heavy (non-hydrogen) atoms. The number of rotatable bonds is 8. The van der Waals surface area contributed by atoms with E-state index in [1.807, 2.05) is 24.3 Å². The lowest BCUT2D eigenvalue weighted by Gasteiger charge is -2.10. The maximum atomic E-state index is 12.1. The van der Waals surface area contributed by atoms with Crippen molar-refractivity contribution in [2.45, 2.75) is 13.0 Å². The van der Waals surface area contributed by atoms with Crippen molar-refractivity contribution < 1.29 is 18.6 Å². The third kappa shape index (κ3) is 4.63. The van der Waals surface area contributed by atoms with E-state index in [0.717, 1.165) is 11.3 Å². The van der Waals surface area contributed by atoms with Crippen molar-refractivity contribution in [2.24, 2.45) is 0 Å². The van der Waals surface area contributed by atoms with Crippen LogP contribution in [0.25, 0.3) is 12.2 Å². The minimum Gasteiger partial charge on any atom is -0.496 e. The fourth-order valence-electron chi connectivity index (χ4n) is 2.86. The molecule has 0 aliphatic rings. The Morgan fingerprint density at radius 3 is 2.52 bits per heavy atom. The van der Waals surface area contributed by atoms with Gasteiger partial charge in [0.2, 0.25) is 5.89 Å². The second-order valence-corrected chi connectivity index (χ2v) is 6.41. The number of nitrogens with zero attached hydrogens (tertiary/aromatic N) is 2. The van der Waals surface area contributed by atoms with Gasteiger partial charge in [-0.1, -0.05) is 29.8 Å². The lowest BCUT2D eigenvalue weighted by molar-refractivity contribution is 0.355. The highest BCUT2D eigenvalue weighted by Crippen LogP contribution is 2.37. The van der Waals surface area contributed by atoms with E-state index < -0.39 is 5.76 Å². The highest BCUT2D eigenvalue weighted by atomic mass is 35.5. The van der Waals surface area contributed by atoms with Crippen LogP contribution in [0.3, 0.4) is 0 Å². The van der Waals surface area contributed by atoms with Crippen molar-refractivity contribution in [3.8, 4) is 17.2 Å². The van der Waals surface area contributed by atoms with Crippen LogP contribution >= 0.6 is 11.6 Å². The van der Waals surface area contributed by atoms with Gasteiger partial charge in [0.05, 0.1) is 32.9 Å². The van der Waals surface area contributed by atoms with Crippen molar-refractivity contribution in [3.63, 3.8) is 0 Å². The van der Waals surface area contributed by atoms with Gasteiger partial charge in [0.25, 0.3) is 0 Å². The summed E-state index contributed by atoms with van der Waals surface area (Å²) in [5.74, 6) is 1.38. The zero-order chi connectivity index (χ0) is 20.8. The molecule has 0 radical (unpaired) electrons. The first-order valence-corrected chi connectivity index (χ1v) is 9.23. The number of aromatic nitrogens is 2. The van der Waals surface area contributed by atoms with Crippen LogP contribution in [-0.4, -0.2) is 31.1 Å². The van der Waals surface area contributed by atoms with Gasteiger partial charge in [0.1, 0.15) is 5.75 Å². The fraction of sp³-hybridized carbons (Fsp3) is 0.238. The Bertz CT molecular complexity index is 1070. The zero-order valence-corrected chi connectivity index (χ0v) is 17.1. The normalized spacial score (nSPS) is 11.0. The summed E-state index contributed by atoms with van der Waals surface area (Å²) in [7, 11) is 4.67. The van der Waals surface area contributed by atoms with E-state index >= 15 is 0 Å². The fourth-order valence-corrected chi connectivity index (χ4v) is 3.16. The molecule has 0 bridgehead atoms. The van der Waals surface area contributed by atoms with E-state index in [9.17, 15) is 4.79 Å². The molecule has 0 aliphatic carbocycles. The van der Waals surface area contributed by atoms with Crippen molar-refractivity contribution in [1.82, 2.24) is 9.78 Å². The molecule has 0 saturated carbocycles. The number of ether oxygens (including phenoxy) is 3. The number of hydrogen-bond acceptors (Lipinski definition) is 6. The van der Waals surface area contributed by atoms with E-state index in [2.05, 4.69) is 5.10 Å². The molecule has 3 rings (SSSR count). The Hall–Kier alpha value is -3.19. The summed E-state index contributed by atoms with van der Waals surface area (Å²) in [6.45, 7) is 0.369. The average Bonchev–Trinajstić information content (AvgIpc) is 3.10. The van der Waals surface area contributed by atoms with Crippen LogP contribution in [0.5, 0.6) is 17.2 Å². The van der Waals surface area contributed by atoms with Gasteiger partial charge in [-0.3, -0.25) is 0 Å². The number of para-hydroxylation sites is 1. The molecule has 0 unspecified atom stereocenters. The second-order valence-electron chi connectivity index (χ2n) is 6.03. The van der Waals surface area contributed by atoms with E-state index in [1.54, 1.807) is 31.4 Å². The van der Waals surface area contributed by atoms with E-state index in [-0.39, 0.29) is 5.89 Å². The first-order valence-electron chi connectivity index (χ1n) is 8.85. The minimum absolute atomic E-state index is 0.181. The summed E-state index contributed by atoms with van der Waals surface area (Å²) < 4.78 is 22.3. The molecule has 7 nitrogen and oxygen atoms in total. The van der Waals surface area contributed by atoms with Gasteiger partial charge >= 0.3 is 5.76 Å². The topological polar surface area (TPSA) is 75.7 Å². The standard InChI is InChI=1S/C21H21ClN2O5/c1-26-16-7-5-4-6-14(16)12-13-24-21(25)29-18(23-24)11-9-15-8-10-17(27-2)20(28-3)19(15)22/h4-11H,12-13H2,1-3H3. The van der Waals surface area contributed by atoms with Crippen LogP contribution in [0.15, 0.2) is 45.6 Å². The molecule has 2 aromatic carbocycles. The Kier molecular flexibility index (Phi) is 6.61. The van der Waals surface area contributed by atoms with Crippen LogP contribution in [0.2, 0.25) is 5.02 Å². The summed E-state index contributed by atoms with van der Waals surface area (Å²) >= 11 is 6.36. The van der Waals surface area contributed by atoms with Gasteiger partial charge in [-0.25, -0.2) is 4.79 Å². The van der Waals surface area contributed by atoms with E-state index in [0.29, 0.717) is 35.1 Å². The summed E-state index contributed by atoms with van der Waals surface area (Å²) in [6.07, 6.45) is 3.86. The quantitative estimate of drug-likeness (QED) is 0.553.